The van der Waals surface area contributed by atoms with E-state index in [1.807, 2.05) is 0 Å². The molecule has 1 unspecified atom stereocenters. The van der Waals surface area contributed by atoms with Crippen LogP contribution in [0.3, 0.4) is 0 Å². The summed E-state index contributed by atoms with van der Waals surface area (Å²) in [5, 5.41) is 0. The Balaban J connectivity index is 1.79. The lowest BCUT2D eigenvalue weighted by Crippen LogP contribution is -2.36. The molecule has 1 saturated carbocycles. The standard InChI is InChI=1S/C17H24N/c1-14(15-7-3-2-4-8-15)18-12-11-16-9-5-6-10-17(16)13-18/h5-6,9-10,13-15H,2-4,7-8,11-12H2,1H3/q+1. The maximum Gasteiger partial charge on any atom is 0.171 e. The largest absolute Gasteiger partial charge is 0.233 e. The van der Waals surface area contributed by atoms with E-state index < -0.39 is 0 Å². The van der Waals surface area contributed by atoms with Crippen LogP contribution in [0.25, 0.3) is 0 Å². The van der Waals surface area contributed by atoms with E-state index in [1.54, 1.807) is 0 Å². The second kappa shape index (κ2) is 5.26. The Hall–Kier alpha value is -1.11. The highest BCUT2D eigenvalue weighted by Crippen LogP contribution is 2.28. The normalized spacial score (nSPS) is 22.2. The van der Waals surface area contributed by atoms with Crippen molar-refractivity contribution in [3.8, 4) is 0 Å². The van der Waals surface area contributed by atoms with Crippen LogP contribution in [-0.2, 0) is 6.42 Å². The molecule has 18 heavy (non-hydrogen) atoms. The van der Waals surface area contributed by atoms with Gasteiger partial charge in [-0.3, -0.25) is 0 Å². The van der Waals surface area contributed by atoms with Gasteiger partial charge in [0, 0.05) is 17.9 Å². The van der Waals surface area contributed by atoms with Crippen molar-refractivity contribution in [3.05, 3.63) is 35.4 Å². The topological polar surface area (TPSA) is 3.01 Å². The van der Waals surface area contributed by atoms with Crippen molar-refractivity contribution in [2.24, 2.45) is 5.92 Å². The maximum absolute atomic E-state index is 2.60. The van der Waals surface area contributed by atoms with E-state index in [2.05, 4.69) is 42.0 Å². The second-order valence-electron chi connectivity index (χ2n) is 5.95. The number of fused-ring (bicyclic) bond motifs is 1. The van der Waals surface area contributed by atoms with Gasteiger partial charge in [0.25, 0.3) is 0 Å². The molecular formula is C17H24N+. The number of rotatable bonds is 2. The lowest BCUT2D eigenvalue weighted by atomic mass is 9.84. The fourth-order valence-electron chi connectivity index (χ4n) is 3.59. The molecule has 1 heteroatoms. The summed E-state index contributed by atoms with van der Waals surface area (Å²) in [4.78, 5) is 0. The summed E-state index contributed by atoms with van der Waals surface area (Å²) in [6.45, 7) is 3.63. The third-order valence-corrected chi connectivity index (χ3v) is 4.85. The van der Waals surface area contributed by atoms with Crippen LogP contribution in [0, 0.1) is 5.92 Å². The van der Waals surface area contributed by atoms with E-state index in [4.69, 9.17) is 0 Å². The van der Waals surface area contributed by atoms with E-state index in [-0.39, 0.29) is 0 Å². The molecule has 1 nitrogen and oxygen atoms in total. The summed E-state index contributed by atoms with van der Waals surface area (Å²) in [7, 11) is 0. The highest BCUT2D eigenvalue weighted by Gasteiger charge is 2.29. The number of hydrogen-bond acceptors (Lipinski definition) is 0. The zero-order valence-electron chi connectivity index (χ0n) is 11.4. The molecule has 1 fully saturated rings. The summed E-state index contributed by atoms with van der Waals surface area (Å²) in [6, 6.07) is 9.57. The molecule has 0 N–H and O–H groups in total. The Labute approximate surface area is 111 Å². The molecule has 1 heterocycles. The fourth-order valence-corrected chi connectivity index (χ4v) is 3.59. The predicted octanol–water partition coefficient (Wildman–Crippen LogP) is 3.64. The zero-order valence-corrected chi connectivity index (χ0v) is 11.4. The first-order valence-corrected chi connectivity index (χ1v) is 7.53. The van der Waals surface area contributed by atoms with Crippen molar-refractivity contribution in [3.63, 3.8) is 0 Å². The first-order chi connectivity index (χ1) is 8.84. The molecule has 3 rings (SSSR count). The Kier molecular flexibility index (Phi) is 3.49. The molecular weight excluding hydrogens is 218 g/mol. The minimum absolute atomic E-state index is 0.721. The number of nitrogens with zero attached hydrogens (tertiary/aromatic N) is 1. The van der Waals surface area contributed by atoms with E-state index >= 15 is 0 Å². The molecule has 0 saturated heterocycles. The Morgan fingerprint density at radius 2 is 1.89 bits per heavy atom. The predicted molar refractivity (Wildman–Crippen MR) is 76.5 cm³/mol. The smallest absolute Gasteiger partial charge is 0.171 e. The van der Waals surface area contributed by atoms with Crippen LogP contribution in [0.1, 0.15) is 50.2 Å². The van der Waals surface area contributed by atoms with Crippen molar-refractivity contribution >= 4 is 6.21 Å². The van der Waals surface area contributed by atoms with Crippen molar-refractivity contribution in [2.75, 3.05) is 6.54 Å². The van der Waals surface area contributed by atoms with Crippen molar-refractivity contribution in [1.82, 2.24) is 0 Å². The van der Waals surface area contributed by atoms with Gasteiger partial charge < -0.3 is 0 Å². The van der Waals surface area contributed by atoms with Crippen LogP contribution in [0.2, 0.25) is 0 Å². The first kappa shape index (κ1) is 12.0. The lowest BCUT2D eigenvalue weighted by Gasteiger charge is -2.27. The highest BCUT2D eigenvalue weighted by atomic mass is 15.0. The Bertz CT molecular complexity index is 441. The summed E-state index contributed by atoms with van der Waals surface area (Å²) in [6.07, 6.45) is 10.8. The fraction of sp³-hybridized carbons (Fsp3) is 0.588. The molecule has 1 aliphatic heterocycles. The average Bonchev–Trinajstić information content (AvgIpc) is 2.47. The molecule has 96 valence electrons. The number of benzene rings is 1. The van der Waals surface area contributed by atoms with Crippen molar-refractivity contribution in [2.45, 2.75) is 51.5 Å². The van der Waals surface area contributed by atoms with Crippen molar-refractivity contribution in [1.29, 1.82) is 0 Å². The van der Waals surface area contributed by atoms with Crippen LogP contribution in [-0.4, -0.2) is 23.4 Å². The molecule has 0 amide bonds. The van der Waals surface area contributed by atoms with Gasteiger partial charge in [-0.05, 0) is 31.4 Å². The van der Waals surface area contributed by atoms with Gasteiger partial charge in [0.05, 0.1) is 0 Å². The van der Waals surface area contributed by atoms with Crippen LogP contribution in [0.15, 0.2) is 24.3 Å². The van der Waals surface area contributed by atoms with E-state index in [0.29, 0.717) is 0 Å². The van der Waals surface area contributed by atoms with E-state index in [0.717, 1.165) is 12.0 Å². The quantitative estimate of drug-likeness (QED) is 0.697. The third kappa shape index (κ3) is 2.36. The zero-order chi connectivity index (χ0) is 12.4. The summed E-state index contributed by atoms with van der Waals surface area (Å²) in [5.41, 5.74) is 2.95. The molecule has 0 radical (unpaired) electrons. The van der Waals surface area contributed by atoms with Crippen LogP contribution in [0.4, 0.5) is 0 Å². The molecule has 0 spiro atoms. The van der Waals surface area contributed by atoms with Gasteiger partial charge in [0.15, 0.2) is 12.3 Å². The van der Waals surface area contributed by atoms with Crippen molar-refractivity contribution < 1.29 is 4.58 Å². The molecule has 1 atom stereocenters. The molecule has 1 aliphatic carbocycles. The first-order valence-electron chi connectivity index (χ1n) is 7.53. The van der Waals surface area contributed by atoms with Crippen LogP contribution < -0.4 is 0 Å². The maximum atomic E-state index is 2.60. The second-order valence-corrected chi connectivity index (χ2v) is 5.95. The Morgan fingerprint density at radius 3 is 2.72 bits per heavy atom. The van der Waals surface area contributed by atoms with Gasteiger partial charge in [-0.25, -0.2) is 4.58 Å². The summed E-state index contributed by atoms with van der Waals surface area (Å²) >= 11 is 0. The SMILES string of the molecule is CC(C1CCCCC1)[N+]1=Cc2ccccc2CC1. The van der Waals surface area contributed by atoms with Gasteiger partial charge in [0.2, 0.25) is 0 Å². The highest BCUT2D eigenvalue weighted by molar-refractivity contribution is 5.78. The summed E-state index contributed by atoms with van der Waals surface area (Å²) < 4.78 is 2.60. The molecule has 1 aromatic carbocycles. The monoisotopic (exact) mass is 242 g/mol. The third-order valence-electron chi connectivity index (χ3n) is 4.85. The average molecular weight is 242 g/mol. The van der Waals surface area contributed by atoms with E-state index in [1.165, 1.54) is 56.2 Å². The molecule has 0 aromatic heterocycles. The van der Waals surface area contributed by atoms with Gasteiger partial charge >= 0.3 is 0 Å². The van der Waals surface area contributed by atoms with Gasteiger partial charge in [0.1, 0.15) is 6.54 Å². The van der Waals surface area contributed by atoms with Crippen LogP contribution in [0.5, 0.6) is 0 Å². The molecule has 0 bridgehead atoms. The lowest BCUT2D eigenvalue weighted by molar-refractivity contribution is -0.568. The van der Waals surface area contributed by atoms with Crippen LogP contribution >= 0.6 is 0 Å². The van der Waals surface area contributed by atoms with Gasteiger partial charge in [-0.1, -0.05) is 37.5 Å². The number of hydrogen-bond donors (Lipinski definition) is 0. The minimum atomic E-state index is 0.721. The minimum Gasteiger partial charge on any atom is -0.233 e. The van der Waals surface area contributed by atoms with Gasteiger partial charge in [-0.15, -0.1) is 0 Å². The molecule has 1 aromatic rings. The van der Waals surface area contributed by atoms with E-state index in [9.17, 15) is 0 Å². The van der Waals surface area contributed by atoms with Gasteiger partial charge in [-0.2, -0.15) is 0 Å². The Morgan fingerprint density at radius 1 is 1.11 bits per heavy atom. The summed E-state index contributed by atoms with van der Waals surface area (Å²) in [5.74, 6) is 0.917. The molecule has 2 aliphatic rings.